The Morgan fingerprint density at radius 3 is 2.27 bits per heavy atom. The molecule has 5 nitrogen and oxygen atoms in total. The van der Waals surface area contributed by atoms with Gasteiger partial charge in [0.2, 0.25) is 5.91 Å². The number of ketones is 1. The maximum Gasteiger partial charge on any atom is 0.223 e. The Hall–Kier alpha value is -1.79. The number of nitrogens with zero attached hydrogens (tertiary/aromatic N) is 1. The van der Waals surface area contributed by atoms with Crippen LogP contribution in [0, 0.1) is 5.41 Å². The van der Waals surface area contributed by atoms with E-state index in [4.69, 9.17) is 18.0 Å². The maximum atomic E-state index is 12.7. The molecule has 1 heterocycles. The van der Waals surface area contributed by atoms with E-state index in [1.165, 1.54) is 0 Å². The Morgan fingerprint density at radius 1 is 1.15 bits per heavy atom. The SMILES string of the molecule is CC(C)(C)C1CC([O])CCN1C(=O)CCC(=O)c1ccc(C(N)=S)cc1. The van der Waals surface area contributed by atoms with Crippen molar-refractivity contribution < 1.29 is 14.7 Å². The van der Waals surface area contributed by atoms with Gasteiger partial charge in [-0.1, -0.05) is 57.3 Å². The highest BCUT2D eigenvalue weighted by atomic mass is 32.1. The largest absolute Gasteiger partial charge is 0.389 e. The molecule has 1 aliphatic rings. The van der Waals surface area contributed by atoms with Gasteiger partial charge in [0.15, 0.2) is 5.78 Å². The highest BCUT2D eigenvalue weighted by Gasteiger charge is 2.38. The summed E-state index contributed by atoms with van der Waals surface area (Å²) in [5.41, 5.74) is 6.65. The molecule has 1 aliphatic heterocycles. The van der Waals surface area contributed by atoms with Crippen molar-refractivity contribution in [2.75, 3.05) is 6.54 Å². The number of carbonyl (C=O) groups excluding carboxylic acids is 2. The quantitative estimate of drug-likeness (QED) is 0.633. The third-order valence-corrected chi connectivity index (χ3v) is 5.17. The van der Waals surface area contributed by atoms with Crippen LogP contribution < -0.4 is 5.73 Å². The van der Waals surface area contributed by atoms with E-state index in [9.17, 15) is 14.7 Å². The number of Topliss-reactive ketones (excluding diaryl/α,β-unsaturated/α-hetero) is 1. The minimum Gasteiger partial charge on any atom is -0.389 e. The number of nitrogens with two attached hydrogens (primary N) is 1. The topological polar surface area (TPSA) is 83.3 Å². The molecular formula is C20H27N2O3S. The van der Waals surface area contributed by atoms with Gasteiger partial charge in [-0.3, -0.25) is 9.59 Å². The first-order valence-corrected chi connectivity index (χ1v) is 9.38. The molecule has 2 unspecified atom stereocenters. The van der Waals surface area contributed by atoms with Gasteiger partial charge >= 0.3 is 0 Å². The molecule has 141 valence electrons. The molecule has 1 radical (unpaired) electrons. The Morgan fingerprint density at radius 2 is 1.73 bits per heavy atom. The molecular weight excluding hydrogens is 348 g/mol. The summed E-state index contributed by atoms with van der Waals surface area (Å²) in [5.74, 6) is -0.135. The highest BCUT2D eigenvalue weighted by Crippen LogP contribution is 2.32. The van der Waals surface area contributed by atoms with E-state index in [-0.39, 0.29) is 41.0 Å². The second-order valence-electron chi connectivity index (χ2n) is 7.98. The molecule has 0 bridgehead atoms. The predicted molar refractivity (Wildman–Crippen MR) is 105 cm³/mol. The number of thiocarbonyl (C=S) groups is 1. The Kier molecular flexibility index (Phi) is 6.53. The second kappa shape index (κ2) is 8.27. The fraction of sp³-hybridized carbons (Fsp3) is 0.550. The summed E-state index contributed by atoms with van der Waals surface area (Å²) < 4.78 is 0. The third kappa shape index (κ3) is 5.11. The molecule has 0 aliphatic carbocycles. The van der Waals surface area contributed by atoms with Gasteiger partial charge in [0, 0.05) is 36.6 Å². The lowest BCUT2D eigenvalue weighted by Gasteiger charge is -2.44. The van der Waals surface area contributed by atoms with E-state index in [2.05, 4.69) is 0 Å². The molecule has 0 saturated carbocycles. The van der Waals surface area contributed by atoms with Gasteiger partial charge in [-0.2, -0.15) is 0 Å². The van der Waals surface area contributed by atoms with Crippen LogP contribution in [-0.2, 0) is 9.90 Å². The smallest absolute Gasteiger partial charge is 0.223 e. The summed E-state index contributed by atoms with van der Waals surface area (Å²) in [6, 6.07) is 6.72. The van der Waals surface area contributed by atoms with Gasteiger partial charge in [-0.15, -0.1) is 0 Å². The first kappa shape index (κ1) is 20.5. The van der Waals surface area contributed by atoms with Crippen LogP contribution in [0.25, 0.3) is 0 Å². The van der Waals surface area contributed by atoms with Crippen molar-refractivity contribution in [3.63, 3.8) is 0 Å². The normalized spacial score (nSPS) is 20.7. The van der Waals surface area contributed by atoms with Crippen LogP contribution in [0.1, 0.15) is 62.4 Å². The molecule has 2 atom stereocenters. The molecule has 0 aromatic heterocycles. The van der Waals surface area contributed by atoms with Crippen LogP contribution >= 0.6 is 12.2 Å². The highest BCUT2D eigenvalue weighted by molar-refractivity contribution is 7.80. The predicted octanol–water partition coefficient (Wildman–Crippen LogP) is 3.12. The molecule has 2 N–H and O–H groups in total. The van der Waals surface area contributed by atoms with Crippen molar-refractivity contribution in [1.29, 1.82) is 0 Å². The number of hydrogen-bond donors (Lipinski definition) is 1. The van der Waals surface area contributed by atoms with Crippen molar-refractivity contribution in [3.05, 3.63) is 35.4 Å². The fourth-order valence-corrected chi connectivity index (χ4v) is 3.52. The lowest BCUT2D eigenvalue weighted by atomic mass is 9.79. The average Bonchev–Trinajstić information content (AvgIpc) is 2.58. The minimum absolute atomic E-state index is 0.0510. The van der Waals surface area contributed by atoms with E-state index in [1.54, 1.807) is 29.2 Å². The lowest BCUT2D eigenvalue weighted by molar-refractivity contribution is -0.141. The summed E-state index contributed by atoms with van der Waals surface area (Å²) >= 11 is 4.90. The zero-order chi connectivity index (χ0) is 19.5. The number of piperidine rings is 1. The first-order valence-electron chi connectivity index (χ1n) is 8.98. The fourth-order valence-electron chi connectivity index (χ4n) is 3.38. The van der Waals surface area contributed by atoms with Crippen molar-refractivity contribution in [2.24, 2.45) is 11.1 Å². The van der Waals surface area contributed by atoms with Crippen molar-refractivity contribution in [1.82, 2.24) is 4.90 Å². The number of likely N-dealkylation sites (tertiary alicyclic amines) is 1. The summed E-state index contributed by atoms with van der Waals surface area (Å²) in [6.07, 6.45) is 0.652. The number of hydrogen-bond acceptors (Lipinski definition) is 3. The van der Waals surface area contributed by atoms with E-state index in [1.807, 2.05) is 20.8 Å². The molecule has 26 heavy (non-hydrogen) atoms. The van der Waals surface area contributed by atoms with Gasteiger partial charge in [0.25, 0.3) is 0 Å². The molecule has 0 spiro atoms. The van der Waals surface area contributed by atoms with Gasteiger partial charge in [-0.05, 0) is 18.3 Å². The van der Waals surface area contributed by atoms with Crippen LogP contribution in [-0.4, -0.2) is 40.3 Å². The number of benzene rings is 1. The average molecular weight is 376 g/mol. The number of amides is 1. The van der Waals surface area contributed by atoms with Gasteiger partial charge < -0.3 is 10.6 Å². The monoisotopic (exact) mass is 375 g/mol. The molecule has 1 amide bonds. The summed E-state index contributed by atoms with van der Waals surface area (Å²) in [7, 11) is 0. The van der Waals surface area contributed by atoms with Gasteiger partial charge in [0.05, 0.1) is 6.10 Å². The number of carbonyl (C=O) groups is 2. The van der Waals surface area contributed by atoms with E-state index < -0.39 is 6.10 Å². The summed E-state index contributed by atoms with van der Waals surface area (Å²) in [6.45, 7) is 6.62. The molecule has 1 fully saturated rings. The molecule has 1 saturated heterocycles. The van der Waals surface area contributed by atoms with Crippen LogP contribution in [0.3, 0.4) is 0 Å². The Bertz CT molecular complexity index is 679. The van der Waals surface area contributed by atoms with E-state index in [0.717, 1.165) is 0 Å². The zero-order valence-electron chi connectivity index (χ0n) is 15.7. The van der Waals surface area contributed by atoms with E-state index >= 15 is 0 Å². The van der Waals surface area contributed by atoms with Crippen LogP contribution in [0.2, 0.25) is 0 Å². The Labute approximate surface area is 160 Å². The minimum atomic E-state index is -0.614. The van der Waals surface area contributed by atoms with Crippen LogP contribution in [0.4, 0.5) is 0 Å². The lowest BCUT2D eigenvalue weighted by Crippen LogP contribution is -2.53. The molecule has 2 rings (SSSR count). The first-order chi connectivity index (χ1) is 12.1. The van der Waals surface area contributed by atoms with Crippen LogP contribution in [0.15, 0.2) is 24.3 Å². The van der Waals surface area contributed by atoms with Crippen molar-refractivity contribution in [3.8, 4) is 0 Å². The van der Waals surface area contributed by atoms with Crippen molar-refractivity contribution >= 4 is 28.9 Å². The maximum absolute atomic E-state index is 12.7. The van der Waals surface area contributed by atoms with Crippen molar-refractivity contribution in [2.45, 2.75) is 58.6 Å². The van der Waals surface area contributed by atoms with E-state index in [0.29, 0.717) is 30.5 Å². The third-order valence-electron chi connectivity index (χ3n) is 4.93. The Balaban J connectivity index is 1.98. The molecule has 6 heteroatoms. The summed E-state index contributed by atoms with van der Waals surface area (Å²) in [4.78, 5) is 27.1. The molecule has 1 aromatic carbocycles. The molecule has 1 aromatic rings. The zero-order valence-corrected chi connectivity index (χ0v) is 16.5. The standard InChI is InChI=1S/C20H27N2O3S/c1-20(2,3)17-12-15(23)10-11-22(17)18(25)9-8-16(24)13-4-6-14(7-5-13)19(21)26/h4-7,15,17H,8-12H2,1-3H3,(H2,21,26). The van der Waals surface area contributed by atoms with Gasteiger partial charge in [-0.25, -0.2) is 5.11 Å². The summed E-state index contributed by atoms with van der Waals surface area (Å²) in [5, 5.41) is 11.9. The van der Waals surface area contributed by atoms with Gasteiger partial charge in [0.1, 0.15) is 4.99 Å². The second-order valence-corrected chi connectivity index (χ2v) is 8.42. The van der Waals surface area contributed by atoms with Crippen LogP contribution in [0.5, 0.6) is 0 Å². The number of rotatable bonds is 5.